The van der Waals surface area contributed by atoms with Gasteiger partial charge in [-0.1, -0.05) is 0 Å². The van der Waals surface area contributed by atoms with Gasteiger partial charge in [0.05, 0.1) is 6.10 Å². The minimum Gasteiger partial charge on any atom is -0.462 e. The fraction of sp³-hybridized carbons (Fsp3) is 0.875. The van der Waals surface area contributed by atoms with E-state index in [2.05, 4.69) is 0 Å². The molecule has 3 nitrogen and oxygen atoms in total. The van der Waals surface area contributed by atoms with Crippen LogP contribution in [0.5, 0.6) is 0 Å². The number of rotatable bonds is 5. The second kappa shape index (κ2) is 6.31. The summed E-state index contributed by atoms with van der Waals surface area (Å²) in [5.41, 5.74) is 5.56. The minimum atomic E-state index is -0.458. The molecule has 0 fully saturated rings. The minimum absolute atomic E-state index is 0.0715. The van der Waals surface area contributed by atoms with Gasteiger partial charge in [-0.3, -0.25) is 4.79 Å². The monoisotopic (exact) mass is 191 g/mol. The Bertz CT molecular complexity index is 139. The highest BCUT2D eigenvalue weighted by molar-refractivity contribution is 7.98. The van der Waals surface area contributed by atoms with Crippen molar-refractivity contribution in [3.05, 3.63) is 0 Å². The van der Waals surface area contributed by atoms with Gasteiger partial charge in [0, 0.05) is 0 Å². The zero-order chi connectivity index (χ0) is 9.56. The number of hydrogen-bond donors (Lipinski definition) is 1. The smallest absolute Gasteiger partial charge is 0.323 e. The van der Waals surface area contributed by atoms with Gasteiger partial charge in [-0.15, -0.1) is 0 Å². The van der Waals surface area contributed by atoms with Gasteiger partial charge in [-0.2, -0.15) is 11.8 Å². The van der Waals surface area contributed by atoms with E-state index in [9.17, 15) is 4.79 Å². The van der Waals surface area contributed by atoms with Crippen LogP contribution in [0.1, 0.15) is 20.3 Å². The standard InChI is InChI=1S/C8H17NO2S/c1-6(2)11-8(10)7(9)4-5-12-3/h6-7H,4-5,9H2,1-3H3/t7-/m1/s1. The first-order chi connectivity index (χ1) is 5.57. The number of nitrogens with two attached hydrogens (primary N) is 1. The molecule has 0 saturated heterocycles. The van der Waals surface area contributed by atoms with Crippen LogP contribution in [0, 0.1) is 0 Å². The molecule has 0 aliphatic carbocycles. The Labute approximate surface area is 78.0 Å². The summed E-state index contributed by atoms with van der Waals surface area (Å²) in [5, 5.41) is 0. The first-order valence-corrected chi connectivity index (χ1v) is 5.42. The molecule has 4 heteroatoms. The molecule has 0 bridgehead atoms. The van der Waals surface area contributed by atoms with Crippen molar-refractivity contribution < 1.29 is 9.53 Å². The van der Waals surface area contributed by atoms with Crippen molar-refractivity contribution in [1.29, 1.82) is 0 Å². The Balaban J connectivity index is 3.61. The molecule has 0 aromatic carbocycles. The van der Waals surface area contributed by atoms with Crippen LogP contribution in [0.3, 0.4) is 0 Å². The van der Waals surface area contributed by atoms with Gasteiger partial charge in [0.2, 0.25) is 0 Å². The third kappa shape index (κ3) is 5.43. The average molecular weight is 191 g/mol. The van der Waals surface area contributed by atoms with Crippen LogP contribution >= 0.6 is 11.8 Å². The average Bonchev–Trinajstić information content (AvgIpc) is 1.98. The lowest BCUT2D eigenvalue weighted by molar-refractivity contribution is -0.149. The van der Waals surface area contributed by atoms with Crippen molar-refractivity contribution in [1.82, 2.24) is 0 Å². The van der Waals surface area contributed by atoms with Gasteiger partial charge in [0.25, 0.3) is 0 Å². The molecule has 0 aromatic heterocycles. The van der Waals surface area contributed by atoms with E-state index in [0.29, 0.717) is 6.42 Å². The molecule has 2 N–H and O–H groups in total. The van der Waals surface area contributed by atoms with E-state index in [0.717, 1.165) is 5.75 Å². The van der Waals surface area contributed by atoms with Crippen LogP contribution in [0.25, 0.3) is 0 Å². The Morgan fingerprint density at radius 3 is 2.58 bits per heavy atom. The lowest BCUT2D eigenvalue weighted by Crippen LogP contribution is -2.34. The largest absolute Gasteiger partial charge is 0.462 e. The Morgan fingerprint density at radius 2 is 2.17 bits per heavy atom. The maximum atomic E-state index is 11.1. The van der Waals surface area contributed by atoms with E-state index < -0.39 is 6.04 Å². The fourth-order valence-corrected chi connectivity index (χ4v) is 1.17. The summed E-state index contributed by atoms with van der Waals surface area (Å²) >= 11 is 1.68. The maximum Gasteiger partial charge on any atom is 0.323 e. The van der Waals surface area contributed by atoms with E-state index in [4.69, 9.17) is 10.5 Å². The van der Waals surface area contributed by atoms with Gasteiger partial charge in [0.1, 0.15) is 6.04 Å². The van der Waals surface area contributed by atoms with Crippen molar-refractivity contribution in [2.45, 2.75) is 32.4 Å². The third-order valence-corrected chi connectivity index (χ3v) is 1.93. The second-order valence-corrected chi connectivity index (χ2v) is 3.86. The highest BCUT2D eigenvalue weighted by Gasteiger charge is 2.15. The quantitative estimate of drug-likeness (QED) is 0.659. The van der Waals surface area contributed by atoms with Crippen LogP contribution in [0.2, 0.25) is 0 Å². The molecule has 0 aromatic rings. The molecule has 0 unspecified atom stereocenters. The highest BCUT2D eigenvalue weighted by atomic mass is 32.2. The topological polar surface area (TPSA) is 52.3 Å². The predicted octanol–water partition coefficient (Wildman–Crippen LogP) is 1.02. The molecular formula is C8H17NO2S. The molecule has 0 amide bonds. The van der Waals surface area contributed by atoms with E-state index in [1.165, 1.54) is 0 Å². The van der Waals surface area contributed by atoms with Crippen molar-refractivity contribution in [3.63, 3.8) is 0 Å². The van der Waals surface area contributed by atoms with Crippen LogP contribution in [-0.2, 0) is 9.53 Å². The third-order valence-electron chi connectivity index (χ3n) is 1.29. The van der Waals surface area contributed by atoms with Gasteiger partial charge in [0.15, 0.2) is 0 Å². The Kier molecular flexibility index (Phi) is 6.20. The first-order valence-electron chi connectivity index (χ1n) is 4.03. The zero-order valence-corrected chi connectivity index (χ0v) is 8.69. The van der Waals surface area contributed by atoms with E-state index in [1.54, 1.807) is 11.8 Å². The molecule has 0 heterocycles. The zero-order valence-electron chi connectivity index (χ0n) is 7.87. The molecule has 72 valence electrons. The summed E-state index contributed by atoms with van der Waals surface area (Å²) in [6.07, 6.45) is 2.60. The number of ether oxygens (including phenoxy) is 1. The van der Waals surface area contributed by atoms with E-state index >= 15 is 0 Å². The van der Waals surface area contributed by atoms with Gasteiger partial charge in [-0.05, 0) is 32.3 Å². The summed E-state index contributed by atoms with van der Waals surface area (Å²) in [5.74, 6) is 0.605. The highest BCUT2D eigenvalue weighted by Crippen LogP contribution is 2.01. The maximum absolute atomic E-state index is 11.1. The normalized spacial score (nSPS) is 13.1. The molecule has 0 rings (SSSR count). The lowest BCUT2D eigenvalue weighted by Gasteiger charge is -2.12. The number of hydrogen-bond acceptors (Lipinski definition) is 4. The number of esters is 1. The summed E-state index contributed by atoms with van der Waals surface area (Å²) in [6, 6.07) is -0.458. The Morgan fingerprint density at radius 1 is 1.58 bits per heavy atom. The van der Waals surface area contributed by atoms with E-state index in [1.807, 2.05) is 20.1 Å². The van der Waals surface area contributed by atoms with Crippen LogP contribution in [0.4, 0.5) is 0 Å². The van der Waals surface area contributed by atoms with E-state index in [-0.39, 0.29) is 12.1 Å². The van der Waals surface area contributed by atoms with Gasteiger partial charge >= 0.3 is 5.97 Å². The SMILES string of the molecule is CSCC[C@@H](N)C(=O)OC(C)C. The van der Waals surface area contributed by atoms with Crippen LogP contribution in [0.15, 0.2) is 0 Å². The van der Waals surface area contributed by atoms with Gasteiger partial charge in [-0.25, -0.2) is 0 Å². The Hall–Kier alpha value is -0.220. The van der Waals surface area contributed by atoms with Gasteiger partial charge < -0.3 is 10.5 Å². The van der Waals surface area contributed by atoms with Crippen LogP contribution in [-0.4, -0.2) is 30.1 Å². The molecule has 0 spiro atoms. The summed E-state index contributed by atoms with van der Waals surface area (Å²) in [6.45, 7) is 3.64. The molecule has 0 aliphatic heterocycles. The van der Waals surface area contributed by atoms with Crippen LogP contribution < -0.4 is 5.73 Å². The molecule has 0 radical (unpaired) electrons. The molecule has 0 aliphatic rings. The van der Waals surface area contributed by atoms with Crippen molar-refractivity contribution in [2.24, 2.45) is 5.73 Å². The first kappa shape index (κ1) is 11.8. The predicted molar refractivity (Wildman–Crippen MR) is 52.2 cm³/mol. The van der Waals surface area contributed by atoms with Crippen molar-refractivity contribution >= 4 is 17.7 Å². The molecule has 12 heavy (non-hydrogen) atoms. The number of carbonyl (C=O) groups excluding carboxylic acids is 1. The van der Waals surface area contributed by atoms with Crippen molar-refractivity contribution in [3.8, 4) is 0 Å². The molecular weight excluding hydrogens is 174 g/mol. The summed E-state index contributed by atoms with van der Waals surface area (Å²) < 4.78 is 4.94. The van der Waals surface area contributed by atoms with Crippen molar-refractivity contribution in [2.75, 3.05) is 12.0 Å². The molecule has 0 saturated carbocycles. The fourth-order valence-electron chi connectivity index (χ4n) is 0.682. The summed E-state index contributed by atoms with van der Waals surface area (Å²) in [4.78, 5) is 11.1. The lowest BCUT2D eigenvalue weighted by atomic mass is 10.2. The molecule has 1 atom stereocenters. The summed E-state index contributed by atoms with van der Waals surface area (Å²) in [7, 11) is 0. The number of carbonyl (C=O) groups is 1. The number of thioether (sulfide) groups is 1. The second-order valence-electron chi connectivity index (χ2n) is 2.87.